The van der Waals surface area contributed by atoms with Gasteiger partial charge in [0.2, 0.25) is 5.91 Å². The third-order valence-electron chi connectivity index (χ3n) is 2.60. The van der Waals surface area contributed by atoms with Crippen LogP contribution in [-0.4, -0.2) is 10.9 Å². The SMILES string of the molecule is CC/C=C/C(=O)Nc1ccc2nc(C)ccc2c1. The minimum absolute atomic E-state index is 0.101. The molecular weight excluding hydrogens is 224 g/mol. The Bertz CT molecular complexity index is 602. The van der Waals surface area contributed by atoms with Crippen LogP contribution < -0.4 is 5.32 Å². The Hall–Kier alpha value is -2.16. The van der Waals surface area contributed by atoms with E-state index < -0.39 is 0 Å². The molecule has 0 unspecified atom stereocenters. The normalized spacial score (nSPS) is 11.0. The molecule has 0 aliphatic rings. The van der Waals surface area contributed by atoms with Crippen molar-refractivity contribution in [1.29, 1.82) is 0 Å². The first-order valence-corrected chi connectivity index (χ1v) is 6.04. The Balaban J connectivity index is 2.22. The zero-order valence-electron chi connectivity index (χ0n) is 10.6. The van der Waals surface area contributed by atoms with Gasteiger partial charge >= 0.3 is 0 Å². The fraction of sp³-hybridized carbons (Fsp3) is 0.200. The molecule has 0 aliphatic carbocycles. The lowest BCUT2D eigenvalue weighted by molar-refractivity contribution is -0.111. The molecule has 0 saturated heterocycles. The molecule has 1 heterocycles. The molecule has 0 aliphatic heterocycles. The molecule has 1 amide bonds. The molecule has 0 spiro atoms. The summed E-state index contributed by atoms with van der Waals surface area (Å²) in [5, 5.41) is 3.86. The molecule has 1 aromatic carbocycles. The second-order valence-electron chi connectivity index (χ2n) is 4.16. The first-order valence-electron chi connectivity index (χ1n) is 6.04. The van der Waals surface area contributed by atoms with E-state index in [0.29, 0.717) is 0 Å². The van der Waals surface area contributed by atoms with Crippen molar-refractivity contribution in [2.45, 2.75) is 20.3 Å². The van der Waals surface area contributed by atoms with Crippen LogP contribution in [0.15, 0.2) is 42.5 Å². The molecular formula is C15H16N2O. The summed E-state index contributed by atoms with van der Waals surface area (Å²) in [5.41, 5.74) is 2.72. The second kappa shape index (κ2) is 5.45. The zero-order valence-corrected chi connectivity index (χ0v) is 10.6. The van der Waals surface area contributed by atoms with Gasteiger partial charge in [-0.3, -0.25) is 9.78 Å². The molecule has 2 rings (SSSR count). The van der Waals surface area contributed by atoms with Gasteiger partial charge < -0.3 is 5.32 Å². The van der Waals surface area contributed by atoms with Crippen LogP contribution in [0.5, 0.6) is 0 Å². The van der Waals surface area contributed by atoms with Crippen molar-refractivity contribution >= 4 is 22.5 Å². The van der Waals surface area contributed by atoms with Crippen molar-refractivity contribution in [2.24, 2.45) is 0 Å². The highest BCUT2D eigenvalue weighted by molar-refractivity contribution is 6.00. The van der Waals surface area contributed by atoms with E-state index in [1.54, 1.807) is 6.08 Å². The van der Waals surface area contributed by atoms with Gasteiger partial charge in [0.1, 0.15) is 0 Å². The van der Waals surface area contributed by atoms with E-state index in [2.05, 4.69) is 10.3 Å². The van der Waals surface area contributed by atoms with E-state index in [1.807, 2.05) is 50.3 Å². The van der Waals surface area contributed by atoms with Crippen molar-refractivity contribution < 1.29 is 4.79 Å². The van der Waals surface area contributed by atoms with Crippen molar-refractivity contribution in [2.75, 3.05) is 5.32 Å². The minimum Gasteiger partial charge on any atom is -0.322 e. The van der Waals surface area contributed by atoms with Gasteiger partial charge in [0.05, 0.1) is 5.52 Å². The summed E-state index contributed by atoms with van der Waals surface area (Å²) in [4.78, 5) is 16.0. The number of benzene rings is 1. The van der Waals surface area contributed by atoms with E-state index >= 15 is 0 Å². The van der Waals surface area contributed by atoms with Crippen LogP contribution in [0, 0.1) is 6.92 Å². The van der Waals surface area contributed by atoms with Crippen LogP contribution in [0.1, 0.15) is 19.0 Å². The quantitative estimate of drug-likeness (QED) is 0.835. The fourth-order valence-corrected chi connectivity index (χ4v) is 1.71. The standard InChI is InChI=1S/C15H16N2O/c1-3-4-5-15(18)17-13-8-9-14-12(10-13)7-6-11(2)16-14/h4-10H,3H2,1-2H3,(H,17,18)/b5-4+. The molecule has 18 heavy (non-hydrogen) atoms. The molecule has 1 aromatic heterocycles. The summed E-state index contributed by atoms with van der Waals surface area (Å²) in [7, 11) is 0. The van der Waals surface area contributed by atoms with E-state index in [1.165, 1.54) is 0 Å². The number of allylic oxidation sites excluding steroid dienone is 1. The summed E-state index contributed by atoms with van der Waals surface area (Å²) in [6.07, 6.45) is 4.24. The van der Waals surface area contributed by atoms with Crippen LogP contribution in [0.2, 0.25) is 0 Å². The van der Waals surface area contributed by atoms with E-state index in [0.717, 1.165) is 28.7 Å². The number of amides is 1. The Labute approximate surface area is 107 Å². The fourth-order valence-electron chi connectivity index (χ4n) is 1.71. The van der Waals surface area contributed by atoms with E-state index in [-0.39, 0.29) is 5.91 Å². The number of nitrogens with zero attached hydrogens (tertiary/aromatic N) is 1. The summed E-state index contributed by atoms with van der Waals surface area (Å²) in [6, 6.07) is 9.69. The number of fused-ring (bicyclic) bond motifs is 1. The Morgan fingerprint density at radius 2 is 2.17 bits per heavy atom. The predicted octanol–water partition coefficient (Wildman–Crippen LogP) is 3.45. The highest BCUT2D eigenvalue weighted by atomic mass is 16.1. The summed E-state index contributed by atoms with van der Waals surface area (Å²) >= 11 is 0. The maximum atomic E-state index is 11.5. The maximum absolute atomic E-state index is 11.5. The van der Waals surface area contributed by atoms with Crippen LogP contribution in [-0.2, 0) is 4.79 Å². The van der Waals surface area contributed by atoms with Gasteiger partial charge in [0.15, 0.2) is 0 Å². The molecule has 2 aromatic rings. The predicted molar refractivity (Wildman–Crippen MR) is 74.5 cm³/mol. The number of aromatic nitrogens is 1. The van der Waals surface area contributed by atoms with Crippen LogP contribution in [0.25, 0.3) is 10.9 Å². The lowest BCUT2D eigenvalue weighted by atomic mass is 10.2. The van der Waals surface area contributed by atoms with Gasteiger partial charge in [-0.1, -0.05) is 19.1 Å². The molecule has 0 radical (unpaired) electrons. The summed E-state index contributed by atoms with van der Waals surface area (Å²) in [6.45, 7) is 3.96. The van der Waals surface area contributed by atoms with Crippen molar-refractivity contribution in [3.63, 3.8) is 0 Å². The zero-order chi connectivity index (χ0) is 13.0. The lowest BCUT2D eigenvalue weighted by Crippen LogP contribution is -2.07. The van der Waals surface area contributed by atoms with Gasteiger partial charge in [-0.15, -0.1) is 0 Å². The topological polar surface area (TPSA) is 42.0 Å². The number of pyridine rings is 1. The first kappa shape index (κ1) is 12.3. The van der Waals surface area contributed by atoms with Gasteiger partial charge in [-0.05, 0) is 43.7 Å². The van der Waals surface area contributed by atoms with Crippen molar-refractivity contribution in [3.05, 3.63) is 48.2 Å². The highest BCUT2D eigenvalue weighted by Gasteiger charge is 2.00. The van der Waals surface area contributed by atoms with E-state index in [4.69, 9.17) is 0 Å². The van der Waals surface area contributed by atoms with Gasteiger partial charge in [0, 0.05) is 16.8 Å². The number of aryl methyl sites for hydroxylation is 1. The Morgan fingerprint density at radius 3 is 2.94 bits per heavy atom. The second-order valence-corrected chi connectivity index (χ2v) is 4.16. The average Bonchev–Trinajstić information content (AvgIpc) is 2.36. The average molecular weight is 240 g/mol. The smallest absolute Gasteiger partial charge is 0.248 e. The van der Waals surface area contributed by atoms with Gasteiger partial charge in [-0.2, -0.15) is 0 Å². The minimum atomic E-state index is -0.101. The van der Waals surface area contributed by atoms with Crippen molar-refractivity contribution in [1.82, 2.24) is 4.98 Å². The molecule has 92 valence electrons. The highest BCUT2D eigenvalue weighted by Crippen LogP contribution is 2.18. The lowest BCUT2D eigenvalue weighted by Gasteiger charge is -2.04. The number of carbonyl (C=O) groups excluding carboxylic acids is 1. The number of anilines is 1. The molecule has 0 saturated carbocycles. The van der Waals surface area contributed by atoms with Crippen molar-refractivity contribution in [3.8, 4) is 0 Å². The number of rotatable bonds is 3. The third-order valence-corrected chi connectivity index (χ3v) is 2.60. The monoisotopic (exact) mass is 240 g/mol. The van der Waals surface area contributed by atoms with Crippen LogP contribution >= 0.6 is 0 Å². The first-order chi connectivity index (χ1) is 8.69. The number of nitrogens with one attached hydrogen (secondary N) is 1. The number of carbonyl (C=O) groups is 1. The van der Waals surface area contributed by atoms with Crippen LogP contribution in [0.3, 0.4) is 0 Å². The number of hydrogen-bond acceptors (Lipinski definition) is 2. The van der Waals surface area contributed by atoms with Gasteiger partial charge in [-0.25, -0.2) is 0 Å². The maximum Gasteiger partial charge on any atom is 0.248 e. The molecule has 3 nitrogen and oxygen atoms in total. The summed E-state index contributed by atoms with van der Waals surface area (Å²) < 4.78 is 0. The molecule has 0 bridgehead atoms. The molecule has 0 atom stereocenters. The van der Waals surface area contributed by atoms with Gasteiger partial charge in [0.25, 0.3) is 0 Å². The molecule has 0 fully saturated rings. The Kier molecular flexibility index (Phi) is 3.72. The largest absolute Gasteiger partial charge is 0.322 e. The van der Waals surface area contributed by atoms with E-state index in [9.17, 15) is 4.79 Å². The number of hydrogen-bond donors (Lipinski definition) is 1. The molecule has 3 heteroatoms. The molecule has 1 N–H and O–H groups in total. The summed E-state index contributed by atoms with van der Waals surface area (Å²) in [5.74, 6) is -0.101. The Morgan fingerprint density at radius 1 is 1.33 bits per heavy atom. The third kappa shape index (κ3) is 2.94. The van der Waals surface area contributed by atoms with Crippen LogP contribution in [0.4, 0.5) is 5.69 Å².